The van der Waals surface area contributed by atoms with Crippen LogP contribution in [-0.4, -0.2) is 11.1 Å². The van der Waals surface area contributed by atoms with Crippen molar-refractivity contribution in [1.29, 1.82) is 5.26 Å². The number of ether oxygens (including phenoxy) is 1. The summed E-state index contributed by atoms with van der Waals surface area (Å²) in [6, 6.07) is 9.18. The van der Waals surface area contributed by atoms with E-state index in [-0.39, 0.29) is 6.10 Å². The summed E-state index contributed by atoms with van der Waals surface area (Å²) in [4.78, 5) is 2.96. The molecular formula is C14H14ClN3O. The number of benzene rings is 1. The largest absolute Gasteiger partial charge is 0.489 e. The molecule has 0 radical (unpaired) electrons. The first-order valence-electron chi connectivity index (χ1n) is 5.86. The molecular weight excluding hydrogens is 262 g/mol. The number of aromatic amines is 1. The van der Waals surface area contributed by atoms with Gasteiger partial charge < -0.3 is 15.5 Å². The third kappa shape index (κ3) is 2.83. The van der Waals surface area contributed by atoms with Crippen molar-refractivity contribution >= 4 is 17.4 Å². The van der Waals surface area contributed by atoms with Gasteiger partial charge in [-0.05, 0) is 43.7 Å². The Bertz CT molecular complexity index is 641. The van der Waals surface area contributed by atoms with Gasteiger partial charge >= 0.3 is 0 Å². The van der Waals surface area contributed by atoms with Crippen LogP contribution < -0.4 is 10.5 Å². The molecule has 0 saturated carbocycles. The number of hydrogen-bond acceptors (Lipinski definition) is 3. The number of nitrogens with one attached hydrogen (secondary N) is 1. The summed E-state index contributed by atoms with van der Waals surface area (Å²) in [7, 11) is 0. The summed E-state index contributed by atoms with van der Waals surface area (Å²) in [5.41, 5.74) is 7.72. The molecule has 1 aromatic heterocycles. The summed E-state index contributed by atoms with van der Waals surface area (Å²) >= 11 is 6.17. The van der Waals surface area contributed by atoms with Crippen molar-refractivity contribution in [3.05, 3.63) is 34.9 Å². The molecule has 0 amide bonds. The molecule has 4 nitrogen and oxygen atoms in total. The Hall–Kier alpha value is -2.12. The number of hydrogen-bond donors (Lipinski definition) is 2. The first-order valence-corrected chi connectivity index (χ1v) is 6.24. The second kappa shape index (κ2) is 5.25. The minimum atomic E-state index is 0.0645. The number of aromatic nitrogens is 1. The molecule has 0 unspecified atom stereocenters. The summed E-state index contributed by atoms with van der Waals surface area (Å²) in [6.07, 6.45) is 0.0645. The van der Waals surface area contributed by atoms with Crippen molar-refractivity contribution in [2.45, 2.75) is 20.0 Å². The molecule has 1 aromatic carbocycles. The van der Waals surface area contributed by atoms with Gasteiger partial charge in [-0.25, -0.2) is 0 Å². The van der Waals surface area contributed by atoms with Gasteiger partial charge in [0.1, 0.15) is 17.6 Å². The molecule has 0 spiro atoms. The van der Waals surface area contributed by atoms with Crippen LogP contribution in [0, 0.1) is 11.3 Å². The van der Waals surface area contributed by atoms with E-state index >= 15 is 0 Å². The Labute approximate surface area is 116 Å². The molecule has 0 fully saturated rings. The lowest BCUT2D eigenvalue weighted by Crippen LogP contribution is -2.05. The quantitative estimate of drug-likeness (QED) is 0.899. The van der Waals surface area contributed by atoms with Gasteiger partial charge in [-0.1, -0.05) is 11.6 Å². The fourth-order valence-electron chi connectivity index (χ4n) is 1.74. The fraction of sp³-hybridized carbons (Fsp3) is 0.214. The first kappa shape index (κ1) is 13.3. The van der Waals surface area contributed by atoms with E-state index in [9.17, 15) is 0 Å². The Morgan fingerprint density at radius 3 is 2.63 bits per heavy atom. The number of nitrogens with two attached hydrogens (primary N) is 1. The maximum Gasteiger partial charge on any atom is 0.138 e. The predicted molar refractivity (Wildman–Crippen MR) is 76.1 cm³/mol. The number of halogens is 1. The Morgan fingerprint density at radius 2 is 2.11 bits per heavy atom. The van der Waals surface area contributed by atoms with Crippen LogP contribution >= 0.6 is 11.6 Å². The Kier molecular flexibility index (Phi) is 3.68. The minimum Gasteiger partial charge on any atom is -0.489 e. The SMILES string of the molecule is CC(C)Oc1ccc(-c2cc(C#N)c(N)[nH]2)cc1Cl. The second-order valence-electron chi connectivity index (χ2n) is 4.43. The van der Waals surface area contributed by atoms with Gasteiger partial charge in [-0.2, -0.15) is 5.26 Å². The van der Waals surface area contributed by atoms with E-state index < -0.39 is 0 Å². The van der Waals surface area contributed by atoms with Gasteiger partial charge in [-0.15, -0.1) is 0 Å². The summed E-state index contributed by atoms with van der Waals surface area (Å²) in [6.45, 7) is 3.88. The molecule has 3 N–H and O–H groups in total. The van der Waals surface area contributed by atoms with E-state index in [0.29, 0.717) is 22.2 Å². The highest BCUT2D eigenvalue weighted by molar-refractivity contribution is 6.32. The monoisotopic (exact) mass is 275 g/mol. The molecule has 1 heterocycles. The molecule has 19 heavy (non-hydrogen) atoms. The molecule has 2 rings (SSSR count). The number of H-pyrrole nitrogens is 1. The number of anilines is 1. The lowest BCUT2D eigenvalue weighted by atomic mass is 10.1. The minimum absolute atomic E-state index is 0.0645. The van der Waals surface area contributed by atoms with E-state index in [4.69, 9.17) is 27.3 Å². The maximum absolute atomic E-state index is 8.88. The van der Waals surface area contributed by atoms with E-state index in [2.05, 4.69) is 4.98 Å². The normalized spacial score (nSPS) is 10.5. The maximum atomic E-state index is 8.88. The van der Waals surface area contributed by atoms with Crippen molar-refractivity contribution in [1.82, 2.24) is 4.98 Å². The molecule has 98 valence electrons. The van der Waals surface area contributed by atoms with Gasteiger partial charge in [0.2, 0.25) is 0 Å². The molecule has 0 saturated heterocycles. The van der Waals surface area contributed by atoms with Crippen LogP contribution in [0.4, 0.5) is 5.82 Å². The van der Waals surface area contributed by atoms with Gasteiger partial charge in [0.15, 0.2) is 0 Å². The van der Waals surface area contributed by atoms with Crippen LogP contribution in [0.25, 0.3) is 11.3 Å². The lowest BCUT2D eigenvalue weighted by Gasteiger charge is -2.11. The number of rotatable bonds is 3. The van der Waals surface area contributed by atoms with Crippen LogP contribution in [0.15, 0.2) is 24.3 Å². The van der Waals surface area contributed by atoms with E-state index in [1.165, 1.54) is 0 Å². The predicted octanol–water partition coefficient (Wildman–Crippen LogP) is 3.58. The summed E-state index contributed by atoms with van der Waals surface area (Å²) in [5, 5.41) is 9.41. The molecule has 0 aliphatic rings. The van der Waals surface area contributed by atoms with Gasteiger partial charge in [0.25, 0.3) is 0 Å². The van der Waals surface area contributed by atoms with Gasteiger partial charge in [0, 0.05) is 5.69 Å². The number of nitrogen functional groups attached to an aromatic ring is 1. The number of nitrogens with zero attached hydrogens (tertiary/aromatic N) is 1. The van der Waals surface area contributed by atoms with Crippen molar-refractivity contribution in [3.63, 3.8) is 0 Å². The first-order chi connectivity index (χ1) is 9.01. The van der Waals surface area contributed by atoms with Crippen molar-refractivity contribution in [2.75, 3.05) is 5.73 Å². The van der Waals surface area contributed by atoms with Crippen molar-refractivity contribution in [3.8, 4) is 23.1 Å². The molecule has 0 atom stereocenters. The zero-order valence-electron chi connectivity index (χ0n) is 10.7. The van der Waals surface area contributed by atoms with Gasteiger partial charge in [-0.3, -0.25) is 0 Å². The Balaban J connectivity index is 2.36. The van der Waals surface area contributed by atoms with E-state index in [0.717, 1.165) is 11.3 Å². The highest BCUT2D eigenvalue weighted by atomic mass is 35.5. The van der Waals surface area contributed by atoms with Crippen LogP contribution in [0.3, 0.4) is 0 Å². The van der Waals surface area contributed by atoms with E-state index in [1.807, 2.05) is 26.0 Å². The third-order valence-electron chi connectivity index (χ3n) is 2.57. The standard InChI is InChI=1S/C14H14ClN3O/c1-8(2)19-13-4-3-9(5-11(13)15)12-6-10(7-16)14(17)18-12/h3-6,8,18H,17H2,1-2H3. The highest BCUT2D eigenvalue weighted by Gasteiger charge is 2.10. The average Bonchev–Trinajstić information content (AvgIpc) is 2.72. The van der Waals surface area contributed by atoms with Crippen LogP contribution in [0.1, 0.15) is 19.4 Å². The second-order valence-corrected chi connectivity index (χ2v) is 4.84. The number of nitriles is 1. The molecule has 0 aliphatic carbocycles. The molecule has 0 bridgehead atoms. The van der Waals surface area contributed by atoms with Crippen LogP contribution in [0.5, 0.6) is 5.75 Å². The fourth-order valence-corrected chi connectivity index (χ4v) is 1.96. The smallest absolute Gasteiger partial charge is 0.138 e. The molecule has 0 aliphatic heterocycles. The highest BCUT2D eigenvalue weighted by Crippen LogP contribution is 2.31. The summed E-state index contributed by atoms with van der Waals surface area (Å²) < 4.78 is 5.57. The lowest BCUT2D eigenvalue weighted by molar-refractivity contribution is 0.242. The van der Waals surface area contributed by atoms with Crippen molar-refractivity contribution in [2.24, 2.45) is 0 Å². The van der Waals surface area contributed by atoms with E-state index in [1.54, 1.807) is 18.2 Å². The summed E-state index contributed by atoms with van der Waals surface area (Å²) in [5.74, 6) is 0.997. The topological polar surface area (TPSA) is 74.8 Å². The molecule has 2 aromatic rings. The van der Waals surface area contributed by atoms with Crippen LogP contribution in [0.2, 0.25) is 5.02 Å². The molecule has 5 heteroatoms. The zero-order valence-corrected chi connectivity index (χ0v) is 11.5. The Morgan fingerprint density at radius 1 is 1.37 bits per heavy atom. The van der Waals surface area contributed by atoms with Gasteiger partial charge in [0.05, 0.1) is 16.7 Å². The van der Waals surface area contributed by atoms with Crippen LogP contribution in [-0.2, 0) is 0 Å². The van der Waals surface area contributed by atoms with Crippen molar-refractivity contribution < 1.29 is 4.74 Å². The zero-order chi connectivity index (χ0) is 14.0. The average molecular weight is 276 g/mol. The third-order valence-corrected chi connectivity index (χ3v) is 2.87.